The van der Waals surface area contributed by atoms with Crippen LogP contribution in [-0.4, -0.2) is 62.1 Å². The average Bonchev–Trinajstić information content (AvgIpc) is 3.33. The Balaban J connectivity index is 1.38. The third-order valence-electron chi connectivity index (χ3n) is 6.33. The maximum atomic E-state index is 13.3. The summed E-state index contributed by atoms with van der Waals surface area (Å²) in [6.45, 7) is 2.78. The van der Waals surface area contributed by atoms with Crippen LogP contribution in [0.3, 0.4) is 0 Å². The third kappa shape index (κ3) is 5.95. The predicted molar refractivity (Wildman–Crippen MR) is 139 cm³/mol. The first-order valence-corrected chi connectivity index (χ1v) is 12.0. The van der Waals surface area contributed by atoms with Gasteiger partial charge in [0, 0.05) is 38.8 Å². The largest absolute Gasteiger partial charge is 0.318 e. The molecule has 0 spiro atoms. The molecular formula is C28H33N5O2. The number of carbonyl (C=O) groups excluding carboxylic acids is 2. The number of nitrogens with one attached hydrogen (secondary N) is 2. The van der Waals surface area contributed by atoms with Crippen LogP contribution in [0.1, 0.15) is 11.1 Å². The van der Waals surface area contributed by atoms with Crippen LogP contribution < -0.4 is 15.5 Å². The predicted octanol–water partition coefficient (Wildman–Crippen LogP) is 2.88. The molecule has 2 N–H and O–H groups in total. The number of fused-ring (bicyclic) bond motifs is 1. The first kappa shape index (κ1) is 24.6. The van der Waals surface area contributed by atoms with Gasteiger partial charge in [-0.1, -0.05) is 72.8 Å². The first-order chi connectivity index (χ1) is 17.1. The van der Waals surface area contributed by atoms with E-state index < -0.39 is 0 Å². The van der Waals surface area contributed by atoms with E-state index >= 15 is 0 Å². The van der Waals surface area contributed by atoms with Gasteiger partial charge in [-0.3, -0.25) is 19.9 Å². The Morgan fingerprint density at radius 1 is 0.829 bits per heavy atom. The van der Waals surface area contributed by atoms with Gasteiger partial charge in [0.05, 0.1) is 18.8 Å². The number of hydrogen-bond acceptors (Lipinski definition) is 5. The summed E-state index contributed by atoms with van der Waals surface area (Å²) in [7, 11) is 3.65. The molecule has 0 aliphatic carbocycles. The van der Waals surface area contributed by atoms with Crippen molar-refractivity contribution in [2.24, 2.45) is 0 Å². The van der Waals surface area contributed by atoms with Crippen LogP contribution in [0, 0.1) is 0 Å². The van der Waals surface area contributed by atoms with E-state index in [9.17, 15) is 9.59 Å². The zero-order valence-electron chi connectivity index (χ0n) is 20.4. The van der Waals surface area contributed by atoms with Gasteiger partial charge >= 0.3 is 0 Å². The van der Waals surface area contributed by atoms with E-state index in [2.05, 4.69) is 22.8 Å². The zero-order valence-corrected chi connectivity index (χ0v) is 20.4. The van der Waals surface area contributed by atoms with Crippen LogP contribution in [0.25, 0.3) is 11.1 Å². The van der Waals surface area contributed by atoms with Crippen molar-refractivity contribution in [3.8, 4) is 11.1 Å². The fourth-order valence-electron chi connectivity index (χ4n) is 4.35. The van der Waals surface area contributed by atoms with E-state index in [0.29, 0.717) is 26.2 Å². The van der Waals surface area contributed by atoms with E-state index in [-0.39, 0.29) is 24.9 Å². The summed E-state index contributed by atoms with van der Waals surface area (Å²) in [5.41, 5.74) is 5.41. The number of rotatable bonds is 10. The molecule has 1 aliphatic rings. The van der Waals surface area contributed by atoms with E-state index in [4.69, 9.17) is 0 Å². The number of anilines is 1. The molecule has 1 aliphatic heterocycles. The van der Waals surface area contributed by atoms with Crippen molar-refractivity contribution >= 4 is 17.5 Å². The second-order valence-corrected chi connectivity index (χ2v) is 8.64. The molecule has 7 heteroatoms. The van der Waals surface area contributed by atoms with Crippen LogP contribution in [-0.2, 0) is 22.7 Å². The lowest BCUT2D eigenvalue weighted by Gasteiger charge is -2.28. The Bertz CT molecular complexity index is 1130. The maximum Gasteiger partial charge on any atom is 0.250 e. The van der Waals surface area contributed by atoms with Crippen molar-refractivity contribution in [1.29, 1.82) is 0 Å². The highest BCUT2D eigenvalue weighted by Crippen LogP contribution is 2.30. The van der Waals surface area contributed by atoms with Gasteiger partial charge in [0.25, 0.3) is 5.91 Å². The second-order valence-electron chi connectivity index (χ2n) is 8.64. The SMILES string of the molecule is CNCCN(C(=O)CNCC(=O)N(C)N1Cc2ccccc2C1)c1ccccc1-c1ccccc1. The normalized spacial score (nSPS) is 12.9. The van der Waals surface area contributed by atoms with Gasteiger partial charge in [-0.2, -0.15) is 0 Å². The Labute approximate surface area is 207 Å². The van der Waals surface area contributed by atoms with E-state index in [1.165, 1.54) is 11.1 Å². The van der Waals surface area contributed by atoms with Gasteiger partial charge in [-0.25, -0.2) is 5.01 Å². The fraction of sp³-hybridized carbons (Fsp3) is 0.286. The third-order valence-corrected chi connectivity index (χ3v) is 6.33. The topological polar surface area (TPSA) is 67.9 Å². The van der Waals surface area contributed by atoms with Crippen molar-refractivity contribution in [3.63, 3.8) is 0 Å². The highest BCUT2D eigenvalue weighted by Gasteiger charge is 2.25. The van der Waals surface area contributed by atoms with E-state index in [1.807, 2.05) is 78.8 Å². The van der Waals surface area contributed by atoms with Gasteiger partial charge in [0.1, 0.15) is 0 Å². The van der Waals surface area contributed by atoms with Gasteiger partial charge in [-0.05, 0) is 29.8 Å². The van der Waals surface area contributed by atoms with E-state index in [0.717, 1.165) is 16.8 Å². The summed E-state index contributed by atoms with van der Waals surface area (Å²) >= 11 is 0. The summed E-state index contributed by atoms with van der Waals surface area (Å²) in [6, 6.07) is 26.2. The summed E-state index contributed by atoms with van der Waals surface area (Å²) in [6.07, 6.45) is 0. The van der Waals surface area contributed by atoms with Crippen LogP contribution in [0.2, 0.25) is 0 Å². The Kier molecular flexibility index (Phi) is 8.26. The molecule has 4 rings (SSSR count). The number of para-hydroxylation sites is 1. The molecule has 0 fully saturated rings. The molecule has 0 radical (unpaired) electrons. The lowest BCUT2D eigenvalue weighted by molar-refractivity contribution is -0.145. The van der Waals surface area contributed by atoms with Crippen molar-refractivity contribution in [1.82, 2.24) is 20.7 Å². The number of hydrazine groups is 1. The van der Waals surface area contributed by atoms with Crippen LogP contribution in [0.15, 0.2) is 78.9 Å². The molecule has 7 nitrogen and oxygen atoms in total. The molecule has 0 saturated heterocycles. The molecule has 0 atom stereocenters. The maximum absolute atomic E-state index is 13.3. The zero-order chi connectivity index (χ0) is 24.6. The minimum Gasteiger partial charge on any atom is -0.318 e. The Morgan fingerprint density at radius 2 is 1.43 bits per heavy atom. The second kappa shape index (κ2) is 11.8. The van der Waals surface area contributed by atoms with Crippen molar-refractivity contribution in [2.75, 3.05) is 45.2 Å². The van der Waals surface area contributed by atoms with Crippen LogP contribution >= 0.6 is 0 Å². The molecule has 0 aromatic heterocycles. The quantitative estimate of drug-likeness (QED) is 0.476. The molecule has 3 aromatic rings. The number of hydrogen-bond donors (Lipinski definition) is 2. The van der Waals surface area contributed by atoms with Gasteiger partial charge in [0.15, 0.2) is 0 Å². The number of amides is 2. The highest BCUT2D eigenvalue weighted by atomic mass is 16.2. The molecule has 3 aromatic carbocycles. The van der Waals surface area contributed by atoms with Crippen molar-refractivity contribution in [3.05, 3.63) is 90.0 Å². The standard InChI is InChI=1S/C28H33N5O2/c1-29-16-17-33(26-15-9-8-14-25(26)22-10-4-3-5-11-22)28(35)19-30-18-27(34)31(2)32-20-23-12-6-7-13-24(23)21-32/h3-15,29-30H,16-21H2,1-2H3. The molecular weight excluding hydrogens is 438 g/mol. The van der Waals surface area contributed by atoms with Crippen molar-refractivity contribution < 1.29 is 9.59 Å². The minimum absolute atomic E-state index is 0.0722. The Hall–Kier alpha value is -3.52. The molecule has 1 heterocycles. The van der Waals surface area contributed by atoms with Gasteiger partial charge in [-0.15, -0.1) is 0 Å². The summed E-state index contributed by atoms with van der Waals surface area (Å²) in [5, 5.41) is 9.87. The van der Waals surface area contributed by atoms with Crippen molar-refractivity contribution in [2.45, 2.75) is 13.1 Å². The molecule has 0 bridgehead atoms. The lowest BCUT2D eigenvalue weighted by Crippen LogP contribution is -2.47. The number of nitrogens with zero attached hydrogens (tertiary/aromatic N) is 3. The van der Waals surface area contributed by atoms with Gasteiger partial charge in [0.2, 0.25) is 5.91 Å². The molecule has 2 amide bonds. The average molecular weight is 472 g/mol. The fourth-order valence-corrected chi connectivity index (χ4v) is 4.35. The van der Waals surface area contributed by atoms with Crippen LogP contribution in [0.5, 0.6) is 0 Å². The molecule has 0 saturated carbocycles. The lowest BCUT2D eigenvalue weighted by atomic mass is 10.0. The smallest absolute Gasteiger partial charge is 0.250 e. The monoisotopic (exact) mass is 471 g/mol. The Morgan fingerprint density at radius 3 is 2.11 bits per heavy atom. The number of benzene rings is 3. The highest BCUT2D eigenvalue weighted by molar-refractivity contribution is 5.99. The van der Waals surface area contributed by atoms with Gasteiger partial charge < -0.3 is 10.2 Å². The molecule has 35 heavy (non-hydrogen) atoms. The summed E-state index contributed by atoms with van der Waals surface area (Å²) in [5.74, 6) is -0.148. The molecule has 0 unspecified atom stereocenters. The van der Waals surface area contributed by atoms with Crippen LogP contribution in [0.4, 0.5) is 5.69 Å². The number of likely N-dealkylation sites (N-methyl/N-ethyl adjacent to an activating group) is 2. The van der Waals surface area contributed by atoms with E-state index in [1.54, 1.807) is 17.0 Å². The summed E-state index contributed by atoms with van der Waals surface area (Å²) < 4.78 is 0. The first-order valence-electron chi connectivity index (χ1n) is 12.0. The number of carbonyl (C=O) groups is 2. The molecule has 182 valence electrons. The minimum atomic E-state index is -0.0762. The summed E-state index contributed by atoms with van der Waals surface area (Å²) in [4.78, 5) is 27.9.